The number of rotatable bonds is 4. The molecular formula is C45H27N5. The van der Waals surface area contributed by atoms with E-state index >= 15 is 0 Å². The van der Waals surface area contributed by atoms with Crippen LogP contribution in [0.4, 0.5) is 0 Å². The van der Waals surface area contributed by atoms with Gasteiger partial charge in [0.1, 0.15) is 0 Å². The van der Waals surface area contributed by atoms with Crippen molar-refractivity contribution in [3.8, 4) is 44.8 Å². The molecule has 0 spiro atoms. The van der Waals surface area contributed by atoms with Gasteiger partial charge in [0.15, 0.2) is 0 Å². The fourth-order valence-corrected chi connectivity index (χ4v) is 6.95. The van der Waals surface area contributed by atoms with Gasteiger partial charge in [0.2, 0.25) is 0 Å². The molecule has 0 radical (unpaired) electrons. The van der Waals surface area contributed by atoms with Crippen molar-refractivity contribution >= 4 is 54.5 Å². The predicted octanol–water partition coefficient (Wildman–Crippen LogP) is 11.1. The van der Waals surface area contributed by atoms with Crippen LogP contribution in [-0.2, 0) is 0 Å². The van der Waals surface area contributed by atoms with Gasteiger partial charge in [-0.1, -0.05) is 97.1 Å². The third kappa shape index (κ3) is 4.83. The first kappa shape index (κ1) is 28.2. The monoisotopic (exact) mass is 637 g/mol. The van der Waals surface area contributed by atoms with E-state index in [-0.39, 0.29) is 0 Å². The predicted molar refractivity (Wildman–Crippen MR) is 205 cm³/mol. The van der Waals surface area contributed by atoms with Crippen LogP contribution in [0.3, 0.4) is 0 Å². The lowest BCUT2D eigenvalue weighted by Crippen LogP contribution is -1.90. The Morgan fingerprint density at radius 2 is 0.980 bits per heavy atom. The van der Waals surface area contributed by atoms with Crippen molar-refractivity contribution in [2.24, 2.45) is 0 Å². The van der Waals surface area contributed by atoms with Gasteiger partial charge in [-0.2, -0.15) is 0 Å². The van der Waals surface area contributed by atoms with Crippen molar-refractivity contribution in [1.82, 2.24) is 24.9 Å². The summed E-state index contributed by atoms with van der Waals surface area (Å²) in [4.78, 5) is 24.1. The van der Waals surface area contributed by atoms with Crippen LogP contribution < -0.4 is 0 Å². The Hall–Kier alpha value is -6.85. The van der Waals surface area contributed by atoms with Crippen LogP contribution in [0.15, 0.2) is 164 Å². The number of nitrogens with zero attached hydrogens (tertiary/aromatic N) is 5. The quantitative estimate of drug-likeness (QED) is 0.180. The van der Waals surface area contributed by atoms with E-state index in [9.17, 15) is 0 Å². The lowest BCUT2D eigenvalue weighted by molar-refractivity contribution is 1.35. The summed E-state index contributed by atoms with van der Waals surface area (Å²) in [6, 6.07) is 50.7. The van der Waals surface area contributed by atoms with E-state index in [1.807, 2.05) is 42.9 Å². The lowest BCUT2D eigenvalue weighted by atomic mass is 9.97. The first-order chi connectivity index (χ1) is 24.7. The molecule has 0 saturated heterocycles. The van der Waals surface area contributed by atoms with Crippen LogP contribution in [0.5, 0.6) is 0 Å². The molecule has 232 valence electrons. The minimum absolute atomic E-state index is 0.901. The second kappa shape index (κ2) is 11.4. The Labute approximate surface area is 287 Å². The van der Waals surface area contributed by atoms with Crippen LogP contribution in [0.25, 0.3) is 99.3 Å². The second-order valence-electron chi connectivity index (χ2n) is 12.6. The van der Waals surface area contributed by atoms with E-state index < -0.39 is 0 Å². The Kier molecular flexibility index (Phi) is 6.42. The summed E-state index contributed by atoms with van der Waals surface area (Å²) in [5.74, 6) is 0. The average Bonchev–Trinajstić information content (AvgIpc) is 3.19. The summed E-state index contributed by atoms with van der Waals surface area (Å²) in [7, 11) is 0. The van der Waals surface area contributed by atoms with E-state index in [4.69, 9.17) is 9.97 Å². The second-order valence-corrected chi connectivity index (χ2v) is 12.6. The first-order valence-corrected chi connectivity index (χ1v) is 16.6. The van der Waals surface area contributed by atoms with E-state index in [2.05, 4.69) is 136 Å². The van der Waals surface area contributed by atoms with Crippen molar-refractivity contribution in [2.45, 2.75) is 0 Å². The fraction of sp³-hybridized carbons (Fsp3) is 0. The molecule has 10 rings (SSSR count). The van der Waals surface area contributed by atoms with Crippen molar-refractivity contribution in [3.63, 3.8) is 0 Å². The molecule has 5 aromatic carbocycles. The number of benzene rings is 5. The molecule has 0 unspecified atom stereocenters. The van der Waals surface area contributed by atoms with Gasteiger partial charge in [-0.05, 0) is 70.8 Å². The Bertz CT molecular complexity index is 2930. The molecule has 5 aromatic heterocycles. The third-order valence-corrected chi connectivity index (χ3v) is 9.58. The number of para-hydroxylation sites is 1. The number of aromatic nitrogens is 5. The zero-order valence-corrected chi connectivity index (χ0v) is 26.8. The third-order valence-electron chi connectivity index (χ3n) is 9.58. The molecule has 0 amide bonds. The van der Waals surface area contributed by atoms with E-state index in [0.717, 1.165) is 99.3 Å². The summed E-state index contributed by atoms with van der Waals surface area (Å²) in [5, 5.41) is 5.48. The van der Waals surface area contributed by atoms with Crippen LogP contribution >= 0.6 is 0 Å². The Morgan fingerprint density at radius 1 is 0.340 bits per heavy atom. The van der Waals surface area contributed by atoms with Gasteiger partial charge in [0.05, 0.1) is 39.0 Å². The molecule has 10 aromatic rings. The molecule has 0 saturated carbocycles. The number of fused-ring (bicyclic) bond motifs is 6. The van der Waals surface area contributed by atoms with Gasteiger partial charge in [0, 0.05) is 56.6 Å². The topological polar surface area (TPSA) is 64.5 Å². The van der Waals surface area contributed by atoms with Gasteiger partial charge in [-0.3, -0.25) is 15.0 Å². The zero-order valence-electron chi connectivity index (χ0n) is 26.8. The molecular weight excluding hydrogens is 611 g/mol. The summed E-state index contributed by atoms with van der Waals surface area (Å²) < 4.78 is 0. The minimum Gasteiger partial charge on any atom is -0.256 e. The molecule has 5 nitrogen and oxygen atoms in total. The molecule has 0 bridgehead atoms. The highest BCUT2D eigenvalue weighted by molar-refractivity contribution is 6.08. The van der Waals surface area contributed by atoms with Crippen molar-refractivity contribution in [1.29, 1.82) is 0 Å². The van der Waals surface area contributed by atoms with Crippen molar-refractivity contribution in [2.75, 3.05) is 0 Å². The summed E-state index contributed by atoms with van der Waals surface area (Å²) in [6.07, 6.45) is 5.60. The highest BCUT2D eigenvalue weighted by Gasteiger charge is 2.11. The smallest absolute Gasteiger partial charge is 0.0970 e. The first-order valence-electron chi connectivity index (χ1n) is 16.6. The largest absolute Gasteiger partial charge is 0.256 e. The minimum atomic E-state index is 0.901. The van der Waals surface area contributed by atoms with Crippen LogP contribution in [0.1, 0.15) is 0 Å². The molecule has 0 aliphatic heterocycles. The highest BCUT2D eigenvalue weighted by atomic mass is 14.7. The molecule has 0 aliphatic carbocycles. The SMILES string of the molecule is c1ccc2ncc(-c3ccc4ccc(-c5ccc6ccc(-c7ccc(-c8ccnc9c8ccc8cccnc89)cc7)cc6n5)cc4n3)cc2c1. The van der Waals surface area contributed by atoms with E-state index in [1.165, 1.54) is 0 Å². The zero-order chi connectivity index (χ0) is 33.0. The lowest BCUT2D eigenvalue weighted by Gasteiger charge is -2.10. The maximum absolute atomic E-state index is 5.13. The van der Waals surface area contributed by atoms with Gasteiger partial charge in [-0.15, -0.1) is 0 Å². The molecule has 5 heterocycles. The van der Waals surface area contributed by atoms with Gasteiger partial charge in [0.25, 0.3) is 0 Å². The fourth-order valence-electron chi connectivity index (χ4n) is 6.95. The molecule has 0 fully saturated rings. The standard InChI is InChI=1S/C45H27N5/c1-2-6-39-34(4-1)24-36(27-48-39)41-20-17-31-12-14-35(26-43(31)50-41)40-19-16-30-11-13-33(25-42(30)49-40)28-7-9-29(10-8-28)37-21-23-47-45-38(37)18-15-32-5-3-22-46-44(32)45/h1-27H. The summed E-state index contributed by atoms with van der Waals surface area (Å²) in [5.41, 5.74) is 13.1. The molecule has 50 heavy (non-hydrogen) atoms. The van der Waals surface area contributed by atoms with Gasteiger partial charge >= 0.3 is 0 Å². The van der Waals surface area contributed by atoms with E-state index in [1.54, 1.807) is 0 Å². The normalized spacial score (nSPS) is 11.6. The van der Waals surface area contributed by atoms with Crippen LogP contribution in [0.2, 0.25) is 0 Å². The maximum Gasteiger partial charge on any atom is 0.0970 e. The van der Waals surface area contributed by atoms with Crippen molar-refractivity contribution in [3.05, 3.63) is 164 Å². The Morgan fingerprint density at radius 3 is 1.82 bits per heavy atom. The highest BCUT2D eigenvalue weighted by Crippen LogP contribution is 2.34. The number of hydrogen-bond acceptors (Lipinski definition) is 5. The van der Waals surface area contributed by atoms with Gasteiger partial charge < -0.3 is 0 Å². The van der Waals surface area contributed by atoms with Gasteiger partial charge in [-0.25, -0.2) is 9.97 Å². The summed E-state index contributed by atoms with van der Waals surface area (Å²) in [6.45, 7) is 0. The number of hydrogen-bond donors (Lipinski definition) is 0. The van der Waals surface area contributed by atoms with E-state index in [0.29, 0.717) is 0 Å². The molecule has 5 heteroatoms. The molecule has 0 atom stereocenters. The Balaban J connectivity index is 0.976. The molecule has 0 N–H and O–H groups in total. The number of pyridine rings is 5. The van der Waals surface area contributed by atoms with Crippen molar-refractivity contribution < 1.29 is 0 Å². The molecule has 0 aliphatic rings. The average molecular weight is 638 g/mol. The summed E-state index contributed by atoms with van der Waals surface area (Å²) >= 11 is 0. The van der Waals surface area contributed by atoms with Crippen LogP contribution in [-0.4, -0.2) is 24.9 Å². The maximum atomic E-state index is 5.13. The van der Waals surface area contributed by atoms with Crippen LogP contribution in [0, 0.1) is 0 Å².